The molecule has 3 aromatic rings. The first-order valence-electron chi connectivity index (χ1n) is 7.70. The average Bonchev–Trinajstić information content (AvgIpc) is 2.63. The van der Waals surface area contributed by atoms with Crippen LogP contribution in [0.1, 0.15) is 11.1 Å². The Morgan fingerprint density at radius 3 is 2.33 bits per heavy atom. The number of halogens is 1. The van der Waals surface area contributed by atoms with Gasteiger partial charge in [-0.1, -0.05) is 12.2 Å². The number of aromatic hydroxyl groups is 1. The average molecular weight is 386 g/mol. The smallest absolute Gasteiger partial charge is 0.238 e. The van der Waals surface area contributed by atoms with Crippen LogP contribution in [0, 0.1) is 5.82 Å². The van der Waals surface area contributed by atoms with Gasteiger partial charge in [-0.15, -0.1) is 0 Å². The number of rotatable bonds is 5. The summed E-state index contributed by atoms with van der Waals surface area (Å²) >= 11 is 0. The van der Waals surface area contributed by atoms with Crippen LogP contribution in [0.25, 0.3) is 12.2 Å². The molecule has 0 aliphatic rings. The van der Waals surface area contributed by atoms with Gasteiger partial charge in [-0.25, -0.2) is 27.9 Å². The van der Waals surface area contributed by atoms with Gasteiger partial charge in [0.2, 0.25) is 16.0 Å². The van der Waals surface area contributed by atoms with Crippen LogP contribution in [0.2, 0.25) is 0 Å². The van der Waals surface area contributed by atoms with Gasteiger partial charge in [-0.05, 0) is 42.5 Å². The lowest BCUT2D eigenvalue weighted by atomic mass is 10.1. The number of benzene rings is 2. The Morgan fingerprint density at radius 2 is 1.70 bits per heavy atom. The normalized spacial score (nSPS) is 11.6. The lowest BCUT2D eigenvalue weighted by molar-refractivity contribution is 0.473. The zero-order valence-electron chi connectivity index (χ0n) is 13.9. The molecule has 0 fully saturated rings. The largest absolute Gasteiger partial charge is 0.508 e. The van der Waals surface area contributed by atoms with Crippen molar-refractivity contribution >= 4 is 33.8 Å². The Hall–Kier alpha value is -3.30. The summed E-state index contributed by atoms with van der Waals surface area (Å²) in [5.74, 6) is -0.175. The van der Waals surface area contributed by atoms with Crippen molar-refractivity contribution in [2.45, 2.75) is 4.90 Å². The highest BCUT2D eigenvalue weighted by atomic mass is 32.2. The van der Waals surface area contributed by atoms with Gasteiger partial charge in [0.05, 0.1) is 4.90 Å². The van der Waals surface area contributed by atoms with Gasteiger partial charge in [0.25, 0.3) is 0 Å². The number of nitrogens with one attached hydrogen (secondary N) is 1. The molecule has 3 rings (SSSR count). The van der Waals surface area contributed by atoms with Gasteiger partial charge in [0.15, 0.2) is 0 Å². The van der Waals surface area contributed by atoms with Crippen molar-refractivity contribution in [2.24, 2.45) is 5.14 Å². The first-order chi connectivity index (χ1) is 12.8. The van der Waals surface area contributed by atoms with Gasteiger partial charge in [-0.3, -0.25) is 0 Å². The van der Waals surface area contributed by atoms with Crippen LogP contribution < -0.4 is 10.5 Å². The molecule has 4 N–H and O–H groups in total. The molecule has 0 saturated heterocycles. The van der Waals surface area contributed by atoms with Crippen molar-refractivity contribution in [3.63, 3.8) is 0 Å². The number of nitrogens with zero attached hydrogens (tertiary/aromatic N) is 2. The number of primary sulfonamides is 1. The molecule has 1 aromatic heterocycles. The van der Waals surface area contributed by atoms with Crippen LogP contribution in [-0.4, -0.2) is 23.5 Å². The molecule has 0 unspecified atom stereocenters. The van der Waals surface area contributed by atoms with Gasteiger partial charge in [0.1, 0.15) is 11.6 Å². The Morgan fingerprint density at radius 1 is 1.04 bits per heavy atom. The summed E-state index contributed by atoms with van der Waals surface area (Å²) in [7, 11) is -3.74. The van der Waals surface area contributed by atoms with E-state index in [0.717, 1.165) is 0 Å². The molecule has 0 aliphatic heterocycles. The summed E-state index contributed by atoms with van der Waals surface area (Å²) in [4.78, 5) is 8.28. The molecule has 0 spiro atoms. The molecule has 2 aromatic carbocycles. The minimum atomic E-state index is -3.74. The van der Waals surface area contributed by atoms with Crippen LogP contribution in [-0.2, 0) is 10.0 Å². The molecule has 1 heterocycles. The quantitative estimate of drug-likeness (QED) is 0.620. The molecule has 0 amide bonds. The second kappa shape index (κ2) is 7.52. The molecule has 7 nitrogen and oxygen atoms in total. The number of phenols is 1. The molecular formula is C18H15FN4O3S. The van der Waals surface area contributed by atoms with Crippen molar-refractivity contribution in [3.05, 3.63) is 71.8 Å². The maximum Gasteiger partial charge on any atom is 0.238 e. The molecule has 0 saturated carbocycles. The van der Waals surface area contributed by atoms with E-state index in [1.165, 1.54) is 48.8 Å². The second-order valence-corrected chi connectivity index (χ2v) is 7.13. The number of phenolic OH excluding ortho intramolecular Hbond substituents is 1. The van der Waals surface area contributed by atoms with Crippen molar-refractivity contribution < 1.29 is 17.9 Å². The first kappa shape index (κ1) is 18.5. The van der Waals surface area contributed by atoms with Crippen LogP contribution >= 0.6 is 0 Å². The summed E-state index contributed by atoms with van der Waals surface area (Å²) in [5, 5.41) is 17.4. The van der Waals surface area contributed by atoms with E-state index in [1.807, 2.05) is 0 Å². The molecule has 0 radical (unpaired) electrons. The number of anilines is 2. The number of sulfonamides is 1. The monoisotopic (exact) mass is 386 g/mol. The number of hydrogen-bond donors (Lipinski definition) is 3. The summed E-state index contributed by atoms with van der Waals surface area (Å²) < 4.78 is 36.1. The van der Waals surface area contributed by atoms with E-state index in [-0.39, 0.29) is 16.2 Å². The van der Waals surface area contributed by atoms with Crippen molar-refractivity contribution in [3.8, 4) is 5.75 Å². The maximum atomic E-state index is 13.6. The number of nitrogens with two attached hydrogens (primary N) is 1. The Kier molecular flexibility index (Phi) is 5.15. The second-order valence-electron chi connectivity index (χ2n) is 5.57. The molecule has 9 heteroatoms. The molecule has 0 atom stereocenters. The van der Waals surface area contributed by atoms with Crippen LogP contribution in [0.5, 0.6) is 5.75 Å². The molecule has 27 heavy (non-hydrogen) atoms. The third-order valence-corrected chi connectivity index (χ3v) is 4.47. The van der Waals surface area contributed by atoms with Crippen LogP contribution in [0.15, 0.2) is 59.8 Å². The molecule has 0 aliphatic carbocycles. The number of hydrogen-bond acceptors (Lipinski definition) is 6. The van der Waals surface area contributed by atoms with Crippen LogP contribution in [0.3, 0.4) is 0 Å². The topological polar surface area (TPSA) is 118 Å². The van der Waals surface area contributed by atoms with Gasteiger partial charge >= 0.3 is 0 Å². The minimum Gasteiger partial charge on any atom is -0.508 e. The fourth-order valence-electron chi connectivity index (χ4n) is 2.19. The van der Waals surface area contributed by atoms with E-state index >= 15 is 0 Å². The van der Waals surface area contributed by atoms with Gasteiger partial charge in [0, 0.05) is 29.2 Å². The Balaban J connectivity index is 1.70. The summed E-state index contributed by atoms with van der Waals surface area (Å²) in [6, 6.07) is 9.60. The lowest BCUT2D eigenvalue weighted by Crippen LogP contribution is -2.11. The van der Waals surface area contributed by atoms with E-state index < -0.39 is 15.8 Å². The van der Waals surface area contributed by atoms with Crippen molar-refractivity contribution in [2.75, 3.05) is 5.32 Å². The summed E-state index contributed by atoms with van der Waals surface area (Å²) in [5.41, 5.74) is 1.47. The molecule has 0 bridgehead atoms. The molecular weight excluding hydrogens is 371 g/mol. The first-order valence-corrected chi connectivity index (χ1v) is 9.24. The predicted molar refractivity (Wildman–Crippen MR) is 100 cm³/mol. The van der Waals surface area contributed by atoms with Crippen LogP contribution in [0.4, 0.5) is 16.0 Å². The SMILES string of the molecule is NS(=O)(=O)c1ccc(Nc2ncc(/C=C/c3cc(O)ccc3F)cn2)cc1. The lowest BCUT2D eigenvalue weighted by Gasteiger charge is -2.05. The fraction of sp³-hybridized carbons (Fsp3) is 0. The van der Waals surface area contributed by atoms with Gasteiger partial charge < -0.3 is 10.4 Å². The Labute approximate surface area is 155 Å². The third kappa shape index (κ3) is 4.87. The maximum absolute atomic E-state index is 13.6. The number of aromatic nitrogens is 2. The van der Waals surface area contributed by atoms with E-state index in [2.05, 4.69) is 15.3 Å². The van der Waals surface area contributed by atoms with Crippen molar-refractivity contribution in [1.82, 2.24) is 9.97 Å². The van der Waals surface area contributed by atoms with E-state index in [4.69, 9.17) is 5.14 Å². The zero-order chi connectivity index (χ0) is 19.4. The predicted octanol–water partition coefficient (Wildman–Crippen LogP) is 2.88. The van der Waals surface area contributed by atoms with Crippen molar-refractivity contribution in [1.29, 1.82) is 0 Å². The highest BCUT2D eigenvalue weighted by Crippen LogP contribution is 2.19. The van der Waals surface area contributed by atoms with Gasteiger partial charge in [-0.2, -0.15) is 0 Å². The van der Waals surface area contributed by atoms with E-state index in [9.17, 15) is 17.9 Å². The summed E-state index contributed by atoms with van der Waals surface area (Å²) in [6.07, 6.45) is 6.19. The Bertz CT molecular complexity index is 1080. The minimum absolute atomic E-state index is 0.00799. The highest BCUT2D eigenvalue weighted by Gasteiger charge is 2.07. The zero-order valence-corrected chi connectivity index (χ0v) is 14.7. The third-order valence-electron chi connectivity index (χ3n) is 3.55. The van der Waals surface area contributed by atoms with E-state index in [1.54, 1.807) is 18.2 Å². The van der Waals surface area contributed by atoms with E-state index in [0.29, 0.717) is 17.2 Å². The summed E-state index contributed by atoms with van der Waals surface area (Å²) in [6.45, 7) is 0. The highest BCUT2D eigenvalue weighted by molar-refractivity contribution is 7.89. The standard InChI is InChI=1S/C18H15FN4O3S/c19-17-8-5-15(24)9-13(17)2-1-12-10-21-18(22-11-12)23-14-3-6-16(7-4-14)27(20,25)26/h1-11,24H,(H2,20,25,26)(H,21,22,23)/b2-1+. The molecule has 138 valence electrons. The fourth-order valence-corrected chi connectivity index (χ4v) is 2.71.